The Labute approximate surface area is 196 Å². The Hall–Kier alpha value is -3.96. The minimum absolute atomic E-state index is 0.0569. The first kappa shape index (κ1) is 24.7. The van der Waals surface area contributed by atoms with Gasteiger partial charge in [0.05, 0.1) is 18.4 Å². The summed E-state index contributed by atoms with van der Waals surface area (Å²) in [7, 11) is 5.25. The highest BCUT2D eigenvalue weighted by atomic mass is 19.2. The lowest BCUT2D eigenvalue weighted by Gasteiger charge is -2.22. The Morgan fingerprint density at radius 2 is 1.76 bits per heavy atom. The van der Waals surface area contributed by atoms with E-state index in [1.54, 1.807) is 31.5 Å². The number of pyridine rings is 1. The fraction of sp³-hybridized carbons (Fsp3) is 0.217. The van der Waals surface area contributed by atoms with E-state index >= 15 is 0 Å². The largest absolute Gasteiger partial charge is 0.497 e. The number of hydrogen-bond acceptors (Lipinski definition) is 8. The van der Waals surface area contributed by atoms with Crippen molar-refractivity contribution in [1.29, 1.82) is 0 Å². The number of ether oxygens (including phenoxy) is 2. The Balaban J connectivity index is 1.92. The number of hydrazine groups is 1. The lowest BCUT2D eigenvalue weighted by molar-refractivity contribution is 0.249. The molecule has 0 spiro atoms. The molecule has 0 saturated carbocycles. The summed E-state index contributed by atoms with van der Waals surface area (Å²) >= 11 is 0. The summed E-state index contributed by atoms with van der Waals surface area (Å²) in [5, 5.41) is 4.48. The summed E-state index contributed by atoms with van der Waals surface area (Å²) < 4.78 is 40.0. The summed E-state index contributed by atoms with van der Waals surface area (Å²) in [6.07, 6.45) is 1.57. The molecular weight excluding hydrogens is 444 g/mol. The Morgan fingerprint density at radius 1 is 1.06 bits per heavy atom. The number of benzene rings is 2. The van der Waals surface area contributed by atoms with Gasteiger partial charge in [-0.3, -0.25) is 5.01 Å². The number of rotatable bonds is 8. The zero-order valence-electron chi connectivity index (χ0n) is 19.1. The molecule has 0 saturated heterocycles. The Morgan fingerprint density at radius 3 is 2.38 bits per heavy atom. The van der Waals surface area contributed by atoms with Crippen LogP contribution < -0.4 is 31.9 Å². The summed E-state index contributed by atoms with van der Waals surface area (Å²) in [5.41, 5.74) is 7.46. The van der Waals surface area contributed by atoms with E-state index in [2.05, 4.69) is 10.1 Å². The Kier molecular flexibility index (Phi) is 7.82. The van der Waals surface area contributed by atoms with E-state index in [9.17, 15) is 8.78 Å². The Bertz CT molecular complexity index is 1170. The smallest absolute Gasteiger partial charge is 0.202 e. The van der Waals surface area contributed by atoms with Crippen LogP contribution in [-0.2, 0) is 0 Å². The van der Waals surface area contributed by atoms with Gasteiger partial charge in [-0.25, -0.2) is 15.2 Å². The molecule has 0 unspecified atom stereocenters. The first-order valence-corrected chi connectivity index (χ1v) is 10.2. The number of likely N-dealkylation sites (N-methyl/N-ethyl adjacent to an activating group) is 1. The summed E-state index contributed by atoms with van der Waals surface area (Å²) in [4.78, 5) is 6.03. The molecule has 3 aromatic rings. The summed E-state index contributed by atoms with van der Waals surface area (Å²) in [6, 6.07) is 11.5. The number of amidine groups is 1. The van der Waals surface area contributed by atoms with Crippen molar-refractivity contribution in [2.45, 2.75) is 0 Å². The van der Waals surface area contributed by atoms with Crippen molar-refractivity contribution >= 4 is 17.3 Å². The lowest BCUT2D eigenvalue weighted by Crippen LogP contribution is -2.40. The van der Waals surface area contributed by atoms with Crippen molar-refractivity contribution in [1.82, 2.24) is 9.88 Å². The fourth-order valence-corrected chi connectivity index (χ4v) is 3.13. The van der Waals surface area contributed by atoms with Gasteiger partial charge in [0, 0.05) is 18.3 Å². The predicted molar refractivity (Wildman–Crippen MR) is 128 cm³/mol. The van der Waals surface area contributed by atoms with Crippen LogP contribution in [0.4, 0.5) is 20.3 Å². The molecule has 0 aliphatic carbocycles. The van der Waals surface area contributed by atoms with Crippen molar-refractivity contribution < 1.29 is 18.3 Å². The summed E-state index contributed by atoms with van der Waals surface area (Å²) in [6.45, 7) is 0.720. The molecule has 1 heterocycles. The van der Waals surface area contributed by atoms with Gasteiger partial charge in [-0.2, -0.15) is 9.49 Å². The van der Waals surface area contributed by atoms with Crippen LogP contribution in [0.2, 0.25) is 0 Å². The molecule has 9 nitrogen and oxygen atoms in total. The molecule has 0 aliphatic heterocycles. The van der Waals surface area contributed by atoms with Crippen LogP contribution in [0.3, 0.4) is 0 Å². The molecule has 2 aromatic carbocycles. The minimum Gasteiger partial charge on any atom is -0.497 e. The molecule has 0 atom stereocenters. The number of methoxy groups -OCH3 is 1. The molecule has 0 aliphatic rings. The monoisotopic (exact) mass is 471 g/mol. The third-order valence-corrected chi connectivity index (χ3v) is 5.02. The maximum absolute atomic E-state index is 14.9. The average Bonchev–Trinajstić information content (AvgIpc) is 2.83. The predicted octanol–water partition coefficient (Wildman–Crippen LogP) is 2.56. The molecular formula is C23H27F2N7O2. The first-order valence-electron chi connectivity index (χ1n) is 10.2. The quantitative estimate of drug-likeness (QED) is 0.198. The van der Waals surface area contributed by atoms with Crippen molar-refractivity contribution in [2.75, 3.05) is 45.1 Å². The van der Waals surface area contributed by atoms with E-state index < -0.39 is 11.6 Å². The highest BCUT2D eigenvalue weighted by Gasteiger charge is 2.23. The molecule has 6 N–H and O–H groups in total. The number of halogens is 2. The van der Waals surface area contributed by atoms with Crippen LogP contribution in [0, 0.1) is 11.6 Å². The van der Waals surface area contributed by atoms with Crippen molar-refractivity contribution in [2.24, 2.45) is 16.8 Å². The van der Waals surface area contributed by atoms with Gasteiger partial charge in [0.15, 0.2) is 17.4 Å². The van der Waals surface area contributed by atoms with Crippen LogP contribution in [0.25, 0.3) is 11.1 Å². The maximum Gasteiger partial charge on any atom is 0.202 e. The molecule has 0 fully saturated rings. The molecule has 180 valence electrons. The molecule has 11 heteroatoms. The zero-order chi connectivity index (χ0) is 24.8. The van der Waals surface area contributed by atoms with E-state index in [0.29, 0.717) is 17.9 Å². The number of nitrogens with zero attached hydrogens (tertiary/aromatic N) is 4. The van der Waals surface area contributed by atoms with Gasteiger partial charge in [-0.05, 0) is 50.0 Å². The van der Waals surface area contributed by atoms with Gasteiger partial charge in [-0.1, -0.05) is 12.1 Å². The van der Waals surface area contributed by atoms with Gasteiger partial charge in [0.25, 0.3) is 0 Å². The summed E-state index contributed by atoms with van der Waals surface area (Å²) in [5.74, 6) is 9.68. The third-order valence-electron chi connectivity index (χ3n) is 5.02. The number of hydrazone groups is 1. The molecule has 0 amide bonds. The van der Waals surface area contributed by atoms with Gasteiger partial charge in [0.2, 0.25) is 5.82 Å². The van der Waals surface area contributed by atoms with Gasteiger partial charge in [-0.15, -0.1) is 0 Å². The molecule has 34 heavy (non-hydrogen) atoms. The SMILES string of the molecule is COc1ccc(-c2cnc(N)c(/C(=N/N)N(N)c3ccc(OCCN(C)C)c(F)c3F)c2)cc1. The fourth-order valence-electron chi connectivity index (χ4n) is 3.13. The number of nitrogen functional groups attached to an aromatic ring is 1. The van der Waals surface area contributed by atoms with Crippen LogP contribution in [0.15, 0.2) is 53.8 Å². The molecule has 0 bridgehead atoms. The van der Waals surface area contributed by atoms with Crippen LogP contribution in [0.1, 0.15) is 5.56 Å². The number of hydrogen-bond donors (Lipinski definition) is 3. The van der Waals surface area contributed by atoms with E-state index in [4.69, 9.17) is 26.9 Å². The van der Waals surface area contributed by atoms with Crippen LogP contribution >= 0.6 is 0 Å². The molecule has 0 radical (unpaired) electrons. The first-order chi connectivity index (χ1) is 16.3. The maximum atomic E-state index is 14.9. The zero-order valence-corrected chi connectivity index (χ0v) is 19.1. The topological polar surface area (TPSA) is 128 Å². The van der Waals surface area contributed by atoms with Gasteiger partial charge < -0.3 is 25.9 Å². The van der Waals surface area contributed by atoms with E-state index in [1.807, 2.05) is 31.1 Å². The van der Waals surface area contributed by atoms with Gasteiger partial charge >= 0.3 is 0 Å². The second-order valence-electron chi connectivity index (χ2n) is 7.57. The van der Waals surface area contributed by atoms with Gasteiger partial charge in [0.1, 0.15) is 18.2 Å². The highest BCUT2D eigenvalue weighted by molar-refractivity contribution is 6.12. The van der Waals surface area contributed by atoms with Crippen LogP contribution in [-0.4, -0.2) is 50.1 Å². The number of nitrogens with two attached hydrogens (primary N) is 3. The normalized spacial score (nSPS) is 11.6. The number of aromatic nitrogens is 1. The number of anilines is 2. The van der Waals surface area contributed by atoms with Crippen molar-refractivity contribution in [3.8, 4) is 22.6 Å². The van der Waals surface area contributed by atoms with Crippen molar-refractivity contribution in [3.63, 3.8) is 0 Å². The van der Waals surface area contributed by atoms with Crippen molar-refractivity contribution in [3.05, 3.63) is 65.9 Å². The second kappa shape index (κ2) is 10.8. The van der Waals surface area contributed by atoms with E-state index in [1.165, 1.54) is 12.1 Å². The highest BCUT2D eigenvalue weighted by Crippen LogP contribution is 2.30. The van der Waals surface area contributed by atoms with E-state index in [0.717, 1.165) is 10.6 Å². The third kappa shape index (κ3) is 5.33. The lowest BCUT2D eigenvalue weighted by atomic mass is 10.0. The second-order valence-corrected chi connectivity index (χ2v) is 7.57. The van der Waals surface area contributed by atoms with Crippen LogP contribution in [0.5, 0.6) is 11.5 Å². The van der Waals surface area contributed by atoms with E-state index in [-0.39, 0.29) is 35.3 Å². The molecule has 1 aromatic heterocycles. The molecule has 3 rings (SSSR count). The standard InChI is InChI=1S/C23H27F2N7O2/c1-31(2)10-11-34-19-9-8-18(20(24)21(19)25)32(28)23(30-27)17-12-15(13-29-22(17)26)14-4-6-16(33-3)7-5-14/h4-9,12-13H,10-11,27-28H2,1-3H3,(H2,26,29)/b30-23-. The minimum atomic E-state index is -1.22. The average molecular weight is 472 g/mol.